The molecule has 1 aromatic heterocycles. The lowest BCUT2D eigenvalue weighted by Crippen LogP contribution is -2.54. The first-order valence-corrected chi connectivity index (χ1v) is 10.3. The molecule has 1 N–H and O–H groups in total. The molecule has 2 heterocycles. The van der Waals surface area contributed by atoms with Gasteiger partial charge in [-0.3, -0.25) is 29.2 Å². The van der Waals surface area contributed by atoms with Gasteiger partial charge in [-0.1, -0.05) is 27.5 Å². The average Bonchev–Trinajstić information content (AvgIpc) is 3.04. The van der Waals surface area contributed by atoms with Crippen LogP contribution in [0, 0.1) is 0 Å². The van der Waals surface area contributed by atoms with Gasteiger partial charge in [0, 0.05) is 33.6 Å². The van der Waals surface area contributed by atoms with Crippen molar-refractivity contribution < 1.29 is 14.4 Å². The Morgan fingerprint density at radius 2 is 1.87 bits per heavy atom. The molecule has 0 aliphatic carbocycles. The zero-order valence-corrected chi connectivity index (χ0v) is 18.6. The van der Waals surface area contributed by atoms with Gasteiger partial charge in [0.1, 0.15) is 5.57 Å². The van der Waals surface area contributed by atoms with E-state index in [1.54, 1.807) is 36.5 Å². The topological polar surface area (TPSA) is 71.4 Å². The van der Waals surface area contributed by atoms with Gasteiger partial charge >= 0.3 is 0 Å². The number of nitrogens with one attached hydrogen (secondary N) is 1. The first kappa shape index (κ1) is 20.5. The molecule has 2 aromatic carbocycles. The van der Waals surface area contributed by atoms with Gasteiger partial charge in [0.2, 0.25) is 5.91 Å². The highest BCUT2D eigenvalue weighted by atomic mass is 79.9. The quantitative estimate of drug-likeness (QED) is 0.317. The summed E-state index contributed by atoms with van der Waals surface area (Å²) >= 11 is 14.6. The number of hydrogen-bond donors (Lipinski definition) is 1. The van der Waals surface area contributed by atoms with E-state index in [0.29, 0.717) is 21.8 Å². The molecule has 0 atom stereocenters. The van der Waals surface area contributed by atoms with Gasteiger partial charge in [0.05, 0.1) is 11.2 Å². The predicted molar refractivity (Wildman–Crippen MR) is 124 cm³/mol. The van der Waals surface area contributed by atoms with Gasteiger partial charge in [0.15, 0.2) is 5.11 Å². The van der Waals surface area contributed by atoms with E-state index in [-0.39, 0.29) is 16.6 Å². The Labute approximate surface area is 190 Å². The van der Waals surface area contributed by atoms with Crippen molar-refractivity contribution in [1.29, 1.82) is 0 Å². The van der Waals surface area contributed by atoms with Crippen LogP contribution in [0.4, 0.5) is 5.69 Å². The number of rotatable bonds is 2. The van der Waals surface area contributed by atoms with Crippen LogP contribution in [0.3, 0.4) is 0 Å². The van der Waals surface area contributed by atoms with E-state index >= 15 is 0 Å². The van der Waals surface area contributed by atoms with Crippen molar-refractivity contribution in [3.05, 3.63) is 69.3 Å². The first-order chi connectivity index (χ1) is 14.3. The second-order valence-electron chi connectivity index (χ2n) is 6.57. The molecule has 1 saturated heterocycles. The van der Waals surface area contributed by atoms with E-state index in [1.807, 2.05) is 12.1 Å². The highest BCUT2D eigenvalue weighted by Crippen LogP contribution is 2.29. The second-order valence-corrected chi connectivity index (χ2v) is 8.31. The Bertz CT molecular complexity index is 1280. The lowest BCUT2D eigenvalue weighted by Gasteiger charge is -2.28. The number of aromatic nitrogens is 1. The normalized spacial score (nSPS) is 15.8. The van der Waals surface area contributed by atoms with Crippen molar-refractivity contribution in [2.24, 2.45) is 0 Å². The third kappa shape index (κ3) is 3.58. The minimum atomic E-state index is -0.603. The molecule has 2 amide bonds. The van der Waals surface area contributed by atoms with Gasteiger partial charge in [-0.15, -0.1) is 0 Å². The highest BCUT2D eigenvalue weighted by Gasteiger charge is 2.34. The first-order valence-electron chi connectivity index (χ1n) is 8.75. The van der Waals surface area contributed by atoms with Gasteiger partial charge in [-0.25, -0.2) is 0 Å². The maximum Gasteiger partial charge on any atom is 0.270 e. The summed E-state index contributed by atoms with van der Waals surface area (Å²) in [5.74, 6) is -1.35. The minimum Gasteiger partial charge on any atom is -0.298 e. The predicted octanol–water partition coefficient (Wildman–Crippen LogP) is 4.55. The van der Waals surface area contributed by atoms with E-state index in [2.05, 4.69) is 21.2 Å². The van der Waals surface area contributed by atoms with Crippen LogP contribution >= 0.6 is 39.7 Å². The third-order valence-corrected chi connectivity index (χ3v) is 5.65. The van der Waals surface area contributed by atoms with Crippen LogP contribution < -0.4 is 10.2 Å². The van der Waals surface area contributed by atoms with E-state index < -0.39 is 11.8 Å². The Morgan fingerprint density at radius 1 is 1.17 bits per heavy atom. The molecule has 4 rings (SSSR count). The van der Waals surface area contributed by atoms with Gasteiger partial charge in [-0.05, 0) is 60.8 Å². The molecule has 1 fully saturated rings. The maximum absolute atomic E-state index is 13.2. The SMILES string of the molecule is CC(=O)n1cc(/C=C2\C(=O)NC(=S)N(c3ccc(Cl)cc3)C2=O)c2cc(Br)ccc21. The number of nitrogens with zero attached hydrogens (tertiary/aromatic N) is 2. The molecule has 0 bridgehead atoms. The summed E-state index contributed by atoms with van der Waals surface area (Å²) < 4.78 is 2.28. The molecule has 30 heavy (non-hydrogen) atoms. The number of halogens is 2. The third-order valence-electron chi connectivity index (χ3n) is 4.62. The van der Waals surface area contributed by atoms with Crippen LogP contribution in [0.5, 0.6) is 0 Å². The van der Waals surface area contributed by atoms with Crippen molar-refractivity contribution in [2.75, 3.05) is 4.90 Å². The molecule has 0 radical (unpaired) electrons. The van der Waals surface area contributed by atoms with Crippen molar-refractivity contribution >= 4 is 85.2 Å². The zero-order chi connectivity index (χ0) is 21.6. The van der Waals surface area contributed by atoms with Crippen LogP contribution in [0.1, 0.15) is 17.3 Å². The van der Waals surface area contributed by atoms with Crippen LogP contribution in [-0.4, -0.2) is 27.4 Å². The van der Waals surface area contributed by atoms with E-state index in [0.717, 1.165) is 9.86 Å². The molecule has 1 aliphatic heterocycles. The largest absolute Gasteiger partial charge is 0.298 e. The molecule has 6 nitrogen and oxygen atoms in total. The number of fused-ring (bicyclic) bond motifs is 1. The summed E-state index contributed by atoms with van der Waals surface area (Å²) in [6, 6.07) is 12.0. The van der Waals surface area contributed by atoms with Crippen LogP contribution in [0.15, 0.2) is 58.7 Å². The number of amides is 2. The van der Waals surface area contributed by atoms with E-state index in [4.69, 9.17) is 23.8 Å². The molecule has 0 saturated carbocycles. The molecule has 3 aromatic rings. The summed E-state index contributed by atoms with van der Waals surface area (Å²) in [6.45, 7) is 1.44. The fourth-order valence-corrected chi connectivity index (χ4v) is 4.01. The number of carbonyl (C=O) groups is 3. The fraction of sp³-hybridized carbons (Fsp3) is 0.0476. The lowest BCUT2D eigenvalue weighted by molar-refractivity contribution is -0.122. The molecule has 9 heteroatoms. The van der Waals surface area contributed by atoms with Gasteiger partial charge in [0.25, 0.3) is 11.8 Å². The number of benzene rings is 2. The molecule has 150 valence electrons. The van der Waals surface area contributed by atoms with Crippen LogP contribution in [0.25, 0.3) is 17.0 Å². The summed E-state index contributed by atoms with van der Waals surface area (Å²) in [5.41, 5.74) is 1.62. The van der Waals surface area contributed by atoms with E-state index in [9.17, 15) is 14.4 Å². The molecular formula is C21H13BrClN3O3S. The second kappa shape index (κ2) is 7.79. The summed E-state index contributed by atoms with van der Waals surface area (Å²) in [5, 5.41) is 3.76. The summed E-state index contributed by atoms with van der Waals surface area (Å²) in [6.07, 6.45) is 3.07. The smallest absolute Gasteiger partial charge is 0.270 e. The fourth-order valence-electron chi connectivity index (χ4n) is 3.24. The highest BCUT2D eigenvalue weighted by molar-refractivity contribution is 9.10. The lowest BCUT2D eigenvalue weighted by atomic mass is 10.1. The Hall–Kier alpha value is -2.81. The van der Waals surface area contributed by atoms with Gasteiger partial charge < -0.3 is 0 Å². The molecule has 1 aliphatic rings. The monoisotopic (exact) mass is 501 g/mol. The van der Waals surface area contributed by atoms with Crippen LogP contribution in [0.2, 0.25) is 5.02 Å². The minimum absolute atomic E-state index is 0.0154. The standard InChI is InChI=1S/C21H13BrClN3O3S/c1-11(27)25-10-12(16-9-13(22)2-7-18(16)25)8-17-19(28)24-21(30)26(20(17)29)15-5-3-14(23)4-6-15/h2-10H,1H3,(H,24,28,30)/b17-8+. The van der Waals surface area contributed by atoms with Gasteiger partial charge in [-0.2, -0.15) is 0 Å². The number of carbonyl (C=O) groups excluding carboxylic acids is 3. The average molecular weight is 503 g/mol. The molecule has 0 unspecified atom stereocenters. The Balaban J connectivity index is 1.85. The summed E-state index contributed by atoms with van der Waals surface area (Å²) in [4.78, 5) is 39.0. The van der Waals surface area contributed by atoms with E-state index in [1.165, 1.54) is 22.5 Å². The van der Waals surface area contributed by atoms with Crippen molar-refractivity contribution in [2.45, 2.75) is 6.92 Å². The number of anilines is 1. The Morgan fingerprint density at radius 3 is 2.53 bits per heavy atom. The summed E-state index contributed by atoms with van der Waals surface area (Å²) in [7, 11) is 0. The maximum atomic E-state index is 13.2. The van der Waals surface area contributed by atoms with Crippen molar-refractivity contribution in [3.8, 4) is 0 Å². The number of hydrogen-bond acceptors (Lipinski definition) is 4. The molecule has 0 spiro atoms. The number of thiocarbonyl (C=S) groups is 1. The van der Waals surface area contributed by atoms with Crippen LogP contribution in [-0.2, 0) is 9.59 Å². The van der Waals surface area contributed by atoms with Crippen molar-refractivity contribution in [1.82, 2.24) is 9.88 Å². The van der Waals surface area contributed by atoms with Crippen molar-refractivity contribution in [3.63, 3.8) is 0 Å². The zero-order valence-electron chi connectivity index (χ0n) is 15.5. The Kier molecular flexibility index (Phi) is 5.31. The molecular weight excluding hydrogens is 490 g/mol.